The van der Waals surface area contributed by atoms with Gasteiger partial charge in [-0.25, -0.2) is 0 Å². The number of amides is 1. The van der Waals surface area contributed by atoms with E-state index in [4.69, 9.17) is 27.9 Å². The fraction of sp³-hybridized carbons (Fsp3) is 0.227. The third-order valence-electron chi connectivity index (χ3n) is 4.51. The molecule has 3 nitrogen and oxygen atoms in total. The van der Waals surface area contributed by atoms with Crippen molar-refractivity contribution in [1.82, 2.24) is 5.32 Å². The van der Waals surface area contributed by atoms with Crippen LogP contribution in [0.15, 0.2) is 48.5 Å². The summed E-state index contributed by atoms with van der Waals surface area (Å²) in [5.41, 5.74) is -0.0528. The van der Waals surface area contributed by atoms with Crippen molar-refractivity contribution < 1.29 is 22.7 Å². The van der Waals surface area contributed by atoms with Gasteiger partial charge >= 0.3 is 6.18 Å². The standard InChI is InChI=1S/C22H19Cl2F3NO2P/c23-16-8-13(9-17(24)11-16)12-30-19-5-3-14-10-15(21(29)28-6-1-7-31)2-4-18(14)20(19)22(25,26)27/h2-5,8-11H,1,6-7,12,31H2,(H,28,29). The van der Waals surface area contributed by atoms with Crippen LogP contribution in [0.4, 0.5) is 13.2 Å². The number of hydrogen-bond acceptors (Lipinski definition) is 2. The van der Waals surface area contributed by atoms with Gasteiger partial charge in [0, 0.05) is 22.2 Å². The van der Waals surface area contributed by atoms with E-state index in [9.17, 15) is 18.0 Å². The molecule has 0 heterocycles. The lowest BCUT2D eigenvalue weighted by molar-refractivity contribution is -0.137. The molecule has 0 bridgehead atoms. The van der Waals surface area contributed by atoms with E-state index in [0.717, 1.165) is 12.6 Å². The molecular formula is C22H19Cl2F3NO2P. The zero-order valence-electron chi connectivity index (χ0n) is 16.2. The molecule has 1 N–H and O–H groups in total. The summed E-state index contributed by atoms with van der Waals surface area (Å²) < 4.78 is 47.2. The zero-order valence-corrected chi connectivity index (χ0v) is 18.9. The van der Waals surface area contributed by atoms with Gasteiger partial charge < -0.3 is 10.1 Å². The van der Waals surface area contributed by atoms with Gasteiger partial charge in [-0.05, 0) is 65.3 Å². The molecule has 3 rings (SSSR count). The normalized spacial score (nSPS) is 11.5. The van der Waals surface area contributed by atoms with Gasteiger partial charge in [0.2, 0.25) is 0 Å². The Morgan fingerprint density at radius 1 is 1.03 bits per heavy atom. The lowest BCUT2D eigenvalue weighted by atomic mass is 10.0. The Morgan fingerprint density at radius 2 is 1.74 bits per heavy atom. The summed E-state index contributed by atoms with van der Waals surface area (Å²) >= 11 is 11.9. The maximum absolute atomic E-state index is 13.9. The number of halogens is 5. The van der Waals surface area contributed by atoms with Crippen molar-refractivity contribution in [2.75, 3.05) is 12.7 Å². The first-order chi connectivity index (χ1) is 14.7. The third-order valence-corrected chi connectivity index (χ3v) is 5.36. The molecule has 0 aliphatic carbocycles. The van der Waals surface area contributed by atoms with E-state index in [0.29, 0.717) is 33.1 Å². The minimum atomic E-state index is -4.65. The highest BCUT2D eigenvalue weighted by Crippen LogP contribution is 2.41. The first-order valence-corrected chi connectivity index (χ1v) is 11.0. The number of ether oxygens (including phenoxy) is 1. The van der Waals surface area contributed by atoms with Gasteiger partial charge in [-0.2, -0.15) is 13.2 Å². The van der Waals surface area contributed by atoms with Crippen LogP contribution in [-0.2, 0) is 12.8 Å². The first kappa shape index (κ1) is 23.6. The number of carbonyl (C=O) groups excluding carboxylic acids is 1. The molecule has 0 radical (unpaired) electrons. The predicted molar refractivity (Wildman–Crippen MR) is 121 cm³/mol. The second-order valence-corrected chi connectivity index (χ2v) is 8.29. The summed E-state index contributed by atoms with van der Waals surface area (Å²) in [4.78, 5) is 12.2. The van der Waals surface area contributed by atoms with Crippen LogP contribution in [0.5, 0.6) is 5.75 Å². The van der Waals surface area contributed by atoms with Crippen molar-refractivity contribution in [3.63, 3.8) is 0 Å². The number of nitrogens with one attached hydrogen (secondary N) is 1. The number of rotatable bonds is 7. The van der Waals surface area contributed by atoms with Gasteiger partial charge in [0.05, 0.1) is 0 Å². The van der Waals surface area contributed by atoms with Crippen LogP contribution in [0.3, 0.4) is 0 Å². The highest BCUT2D eigenvalue weighted by molar-refractivity contribution is 7.16. The highest BCUT2D eigenvalue weighted by atomic mass is 35.5. The molecule has 1 amide bonds. The van der Waals surface area contributed by atoms with E-state index in [1.807, 2.05) is 0 Å². The van der Waals surface area contributed by atoms with E-state index in [1.165, 1.54) is 36.4 Å². The summed E-state index contributed by atoms with van der Waals surface area (Å²) in [7, 11) is 2.57. The second-order valence-electron chi connectivity index (χ2n) is 6.84. The molecule has 3 aromatic rings. The molecule has 1 unspecified atom stereocenters. The van der Waals surface area contributed by atoms with Crippen LogP contribution in [0.2, 0.25) is 10.0 Å². The molecule has 0 saturated heterocycles. The van der Waals surface area contributed by atoms with Crippen molar-refractivity contribution in [2.24, 2.45) is 0 Å². The molecule has 1 atom stereocenters. The van der Waals surface area contributed by atoms with Gasteiger partial charge in [-0.1, -0.05) is 35.3 Å². The summed E-state index contributed by atoms with van der Waals surface area (Å²) in [5, 5.41) is 3.73. The zero-order chi connectivity index (χ0) is 22.6. The van der Waals surface area contributed by atoms with E-state index in [-0.39, 0.29) is 23.6 Å². The van der Waals surface area contributed by atoms with Gasteiger partial charge in [0.1, 0.15) is 17.9 Å². The SMILES string of the molecule is O=C(NCCCP)c1ccc2c(C(F)(F)F)c(OCc3cc(Cl)cc(Cl)c3)ccc2c1. The molecule has 0 fully saturated rings. The molecule has 0 spiro atoms. The summed E-state index contributed by atoms with van der Waals surface area (Å²) in [5.74, 6) is -0.638. The largest absolute Gasteiger partial charge is 0.488 e. The smallest absolute Gasteiger partial charge is 0.420 e. The number of benzene rings is 3. The highest BCUT2D eigenvalue weighted by Gasteiger charge is 2.36. The van der Waals surface area contributed by atoms with E-state index in [2.05, 4.69) is 14.6 Å². The Hall–Kier alpha value is -2.01. The Bertz CT molecular complexity index is 1090. The molecule has 164 valence electrons. The number of carbonyl (C=O) groups is 1. The van der Waals surface area contributed by atoms with Crippen LogP contribution in [0.25, 0.3) is 10.8 Å². The van der Waals surface area contributed by atoms with Gasteiger partial charge in [-0.3, -0.25) is 4.79 Å². The predicted octanol–water partition coefficient (Wildman–Crippen LogP) is 6.74. The molecule has 0 aliphatic rings. The van der Waals surface area contributed by atoms with Crippen molar-refractivity contribution in [1.29, 1.82) is 0 Å². The minimum absolute atomic E-state index is 0.0457. The van der Waals surface area contributed by atoms with Gasteiger partial charge in [0.15, 0.2) is 0 Å². The first-order valence-electron chi connectivity index (χ1n) is 9.39. The molecular weight excluding hydrogens is 469 g/mol. The molecule has 0 aromatic heterocycles. The van der Waals surface area contributed by atoms with Crippen LogP contribution in [0.1, 0.15) is 27.9 Å². The van der Waals surface area contributed by atoms with Crippen molar-refractivity contribution in [2.45, 2.75) is 19.2 Å². The maximum atomic E-state index is 13.9. The fourth-order valence-electron chi connectivity index (χ4n) is 3.13. The van der Waals surface area contributed by atoms with Crippen LogP contribution in [-0.4, -0.2) is 18.6 Å². The lowest BCUT2D eigenvalue weighted by Crippen LogP contribution is -2.24. The average Bonchev–Trinajstić information content (AvgIpc) is 2.70. The Balaban J connectivity index is 1.93. The quantitative estimate of drug-likeness (QED) is 0.296. The molecule has 3 aromatic carbocycles. The average molecular weight is 488 g/mol. The van der Waals surface area contributed by atoms with Gasteiger partial charge in [-0.15, -0.1) is 9.24 Å². The maximum Gasteiger partial charge on any atom is 0.420 e. The monoisotopic (exact) mass is 487 g/mol. The van der Waals surface area contributed by atoms with Crippen molar-refractivity contribution in [3.8, 4) is 5.75 Å². The molecule has 31 heavy (non-hydrogen) atoms. The number of fused-ring (bicyclic) bond motifs is 1. The number of alkyl halides is 3. The van der Waals surface area contributed by atoms with Crippen LogP contribution < -0.4 is 10.1 Å². The Kier molecular flexibility index (Phi) is 7.68. The Labute approximate surface area is 190 Å². The summed E-state index contributed by atoms with van der Waals surface area (Å²) in [6, 6.07) is 11.6. The van der Waals surface area contributed by atoms with Gasteiger partial charge in [0.25, 0.3) is 5.91 Å². The summed E-state index contributed by atoms with van der Waals surface area (Å²) in [6.07, 6.45) is -3.01. The lowest BCUT2D eigenvalue weighted by Gasteiger charge is -2.17. The van der Waals surface area contributed by atoms with Crippen LogP contribution >= 0.6 is 32.4 Å². The van der Waals surface area contributed by atoms with E-state index < -0.39 is 11.7 Å². The van der Waals surface area contributed by atoms with Crippen molar-refractivity contribution in [3.05, 3.63) is 75.3 Å². The third kappa shape index (κ3) is 6.03. The molecule has 0 aliphatic heterocycles. The molecule has 0 saturated carbocycles. The van der Waals surface area contributed by atoms with Crippen molar-refractivity contribution >= 4 is 49.1 Å². The Morgan fingerprint density at radius 3 is 2.39 bits per heavy atom. The van der Waals surface area contributed by atoms with E-state index in [1.54, 1.807) is 12.1 Å². The molecule has 9 heteroatoms. The minimum Gasteiger partial charge on any atom is -0.488 e. The second kappa shape index (κ2) is 10.1. The van der Waals surface area contributed by atoms with E-state index >= 15 is 0 Å². The summed E-state index contributed by atoms with van der Waals surface area (Å²) in [6.45, 7) is 0.361. The number of hydrogen-bond donors (Lipinski definition) is 1. The topological polar surface area (TPSA) is 38.3 Å². The fourth-order valence-corrected chi connectivity index (χ4v) is 3.90. The van der Waals surface area contributed by atoms with Crippen LogP contribution in [0, 0.1) is 0 Å².